The topological polar surface area (TPSA) is 80.7 Å². The van der Waals surface area contributed by atoms with Crippen molar-refractivity contribution in [3.05, 3.63) is 23.0 Å². The van der Waals surface area contributed by atoms with Gasteiger partial charge in [0.05, 0.1) is 16.4 Å². The van der Waals surface area contributed by atoms with E-state index in [2.05, 4.69) is 0 Å². The fourth-order valence-electron chi connectivity index (χ4n) is 6.84. The molecule has 3 fully saturated rings. The van der Waals surface area contributed by atoms with Gasteiger partial charge in [-0.05, 0) is 66.2 Å². The normalized spacial score (nSPS) is 43.6. The molecule has 4 rings (SSSR count). The minimum absolute atomic E-state index is 0.0935. The molecule has 3 aliphatic carbocycles. The summed E-state index contributed by atoms with van der Waals surface area (Å²) in [5, 5.41) is 11.1. The fourth-order valence-corrected chi connectivity index (χ4v) is 6.84. The molecule has 5 heteroatoms. The van der Waals surface area contributed by atoms with Gasteiger partial charge in [0.2, 0.25) is 0 Å². The number of carbonyl (C=O) groups excluding carboxylic acids is 3. The van der Waals surface area contributed by atoms with Crippen molar-refractivity contribution >= 4 is 17.3 Å². The van der Waals surface area contributed by atoms with Gasteiger partial charge in [-0.3, -0.25) is 14.4 Å². The van der Waals surface area contributed by atoms with E-state index in [0.717, 1.165) is 12.0 Å². The van der Waals surface area contributed by atoms with E-state index in [9.17, 15) is 19.5 Å². The molecule has 1 N–H and O–H groups in total. The molecule has 1 aliphatic heterocycles. The third-order valence-electron chi connectivity index (χ3n) is 8.60. The first-order chi connectivity index (χ1) is 14.2. The number of allylic oxidation sites excluding steroid dienone is 4. The summed E-state index contributed by atoms with van der Waals surface area (Å²) >= 11 is 0. The van der Waals surface area contributed by atoms with Crippen LogP contribution in [0, 0.1) is 28.6 Å². The summed E-state index contributed by atoms with van der Waals surface area (Å²) in [6.45, 7) is 13.0. The fraction of sp³-hybridized carbons (Fsp3) is 0.731. The summed E-state index contributed by atoms with van der Waals surface area (Å²) in [7, 11) is 0. The van der Waals surface area contributed by atoms with E-state index in [0.29, 0.717) is 25.0 Å². The van der Waals surface area contributed by atoms with Crippen LogP contribution in [0.2, 0.25) is 0 Å². The number of aliphatic hydroxyl groups is 1. The second-order valence-electron chi connectivity index (χ2n) is 11.7. The number of rotatable bonds is 4. The largest absolute Gasteiger partial charge is 0.490 e. The molecule has 6 atom stereocenters. The van der Waals surface area contributed by atoms with E-state index in [-0.39, 0.29) is 41.3 Å². The highest BCUT2D eigenvalue weighted by Gasteiger charge is 2.73. The number of ether oxygens (including phenoxy) is 1. The summed E-state index contributed by atoms with van der Waals surface area (Å²) in [5.41, 5.74) is -2.71. The monoisotopic (exact) mass is 428 g/mol. The first-order valence-corrected chi connectivity index (χ1v) is 11.6. The van der Waals surface area contributed by atoms with Crippen LogP contribution < -0.4 is 0 Å². The third-order valence-corrected chi connectivity index (χ3v) is 8.60. The molecule has 0 amide bonds. The lowest BCUT2D eigenvalue weighted by molar-refractivity contribution is -0.149. The van der Waals surface area contributed by atoms with E-state index in [1.165, 1.54) is 0 Å². The highest BCUT2D eigenvalue weighted by Crippen LogP contribution is 2.69. The summed E-state index contributed by atoms with van der Waals surface area (Å²) in [6.07, 6.45) is 4.62. The molecule has 4 aliphatic rings. The van der Waals surface area contributed by atoms with Crippen LogP contribution >= 0.6 is 0 Å². The van der Waals surface area contributed by atoms with E-state index in [1.807, 2.05) is 33.8 Å². The van der Waals surface area contributed by atoms with E-state index in [4.69, 9.17) is 4.74 Å². The number of fused-ring (bicyclic) bond motifs is 3. The van der Waals surface area contributed by atoms with Crippen molar-refractivity contribution < 1.29 is 24.2 Å². The zero-order valence-electron chi connectivity index (χ0n) is 19.9. The van der Waals surface area contributed by atoms with Gasteiger partial charge in [-0.2, -0.15) is 0 Å². The molecule has 170 valence electrons. The molecule has 1 saturated heterocycles. The Bertz CT molecular complexity index is 933. The smallest absolute Gasteiger partial charge is 0.183 e. The van der Waals surface area contributed by atoms with Crippen molar-refractivity contribution in [2.45, 2.75) is 91.8 Å². The van der Waals surface area contributed by atoms with E-state index < -0.39 is 27.8 Å². The molecular weight excluding hydrogens is 392 g/mol. The molecule has 0 radical (unpaired) electrons. The molecule has 1 spiro atoms. The summed E-state index contributed by atoms with van der Waals surface area (Å²) in [4.78, 5) is 41.3. The van der Waals surface area contributed by atoms with Crippen molar-refractivity contribution in [2.24, 2.45) is 28.6 Å². The number of hydrogen-bond donors (Lipinski definition) is 1. The van der Waals surface area contributed by atoms with Crippen molar-refractivity contribution in [1.29, 1.82) is 0 Å². The Hall–Kier alpha value is -1.75. The number of hydrogen-bond acceptors (Lipinski definition) is 5. The van der Waals surface area contributed by atoms with Gasteiger partial charge in [-0.15, -0.1) is 0 Å². The van der Waals surface area contributed by atoms with Crippen LogP contribution in [0.4, 0.5) is 0 Å². The summed E-state index contributed by atoms with van der Waals surface area (Å²) < 4.78 is 6.51. The predicted molar refractivity (Wildman–Crippen MR) is 117 cm³/mol. The Kier molecular flexibility index (Phi) is 4.80. The Morgan fingerprint density at radius 3 is 2.42 bits per heavy atom. The lowest BCUT2D eigenvalue weighted by atomic mass is 9.51. The van der Waals surface area contributed by atoms with Gasteiger partial charge >= 0.3 is 0 Å². The van der Waals surface area contributed by atoms with Gasteiger partial charge in [0, 0.05) is 18.3 Å². The Balaban J connectivity index is 1.96. The van der Waals surface area contributed by atoms with Gasteiger partial charge in [0.15, 0.2) is 17.3 Å². The maximum atomic E-state index is 14.2. The second-order valence-corrected chi connectivity index (χ2v) is 11.7. The molecule has 1 heterocycles. The van der Waals surface area contributed by atoms with Gasteiger partial charge in [-0.25, -0.2) is 0 Å². The number of ketones is 3. The zero-order valence-corrected chi connectivity index (χ0v) is 19.9. The highest BCUT2D eigenvalue weighted by atomic mass is 16.5. The lowest BCUT2D eigenvalue weighted by Gasteiger charge is -2.47. The molecule has 31 heavy (non-hydrogen) atoms. The van der Waals surface area contributed by atoms with Crippen LogP contribution in [0.3, 0.4) is 0 Å². The van der Waals surface area contributed by atoms with Crippen LogP contribution in [-0.4, -0.2) is 33.7 Å². The molecule has 2 saturated carbocycles. The lowest BCUT2D eigenvalue weighted by Crippen LogP contribution is -2.56. The molecule has 5 nitrogen and oxygen atoms in total. The molecule has 0 aromatic carbocycles. The van der Waals surface area contributed by atoms with Gasteiger partial charge in [-0.1, -0.05) is 25.5 Å². The van der Waals surface area contributed by atoms with Crippen molar-refractivity contribution in [3.63, 3.8) is 0 Å². The molecule has 0 unspecified atom stereocenters. The van der Waals surface area contributed by atoms with Crippen LogP contribution in [-0.2, 0) is 19.1 Å². The molecule has 2 bridgehead atoms. The van der Waals surface area contributed by atoms with Crippen LogP contribution in [0.1, 0.15) is 80.6 Å². The SMILES string of the molecule is CC(C)=CC[C@@]1(C)C(=O)C(C(=O)C(C)C)=C2O[C@]3(C)C[C@]2(C[C@@H]2[C@H]3CC[C@]2(C)O)C1=O. The van der Waals surface area contributed by atoms with Gasteiger partial charge in [0.1, 0.15) is 16.9 Å². The standard InChI is InChI=1S/C26H36O5/c1-14(2)8-10-23(5)20(28)18(19(27)15(3)4)21-26(22(23)29)12-17-16(9-11-24(17,6)30)25(7,13-26)31-21/h8,15-17,30H,9-13H2,1-7H3/t16-,17-,23+,24+,25-,26+/m1/s1. The average Bonchev–Trinajstić information content (AvgIpc) is 3.11. The van der Waals surface area contributed by atoms with Crippen LogP contribution in [0.25, 0.3) is 0 Å². The Morgan fingerprint density at radius 1 is 1.19 bits per heavy atom. The maximum absolute atomic E-state index is 14.2. The minimum Gasteiger partial charge on any atom is -0.490 e. The number of carbonyl (C=O) groups is 3. The maximum Gasteiger partial charge on any atom is 0.183 e. The summed E-state index contributed by atoms with van der Waals surface area (Å²) in [5.74, 6) is -0.835. The first-order valence-electron chi connectivity index (χ1n) is 11.6. The first kappa shape index (κ1) is 22.4. The minimum atomic E-state index is -1.30. The average molecular weight is 429 g/mol. The molecule has 0 aromatic rings. The predicted octanol–water partition coefficient (Wildman–Crippen LogP) is 4.33. The van der Waals surface area contributed by atoms with Gasteiger partial charge < -0.3 is 9.84 Å². The summed E-state index contributed by atoms with van der Waals surface area (Å²) in [6, 6.07) is 0. The molecular formula is C26H36O5. The van der Waals surface area contributed by atoms with E-state index >= 15 is 0 Å². The third kappa shape index (κ3) is 2.88. The van der Waals surface area contributed by atoms with Gasteiger partial charge in [0.25, 0.3) is 0 Å². The second kappa shape index (κ2) is 6.63. The molecule has 0 aromatic heterocycles. The Labute approximate surface area is 185 Å². The van der Waals surface area contributed by atoms with E-state index in [1.54, 1.807) is 20.8 Å². The zero-order chi connectivity index (χ0) is 23.1. The van der Waals surface area contributed by atoms with Crippen LogP contribution in [0.15, 0.2) is 23.0 Å². The van der Waals surface area contributed by atoms with Crippen molar-refractivity contribution in [2.75, 3.05) is 0 Å². The number of Topliss-reactive ketones (excluding diaryl/α,β-unsaturated/α-hetero) is 3. The Morgan fingerprint density at radius 2 is 1.84 bits per heavy atom. The van der Waals surface area contributed by atoms with Crippen molar-refractivity contribution in [1.82, 2.24) is 0 Å². The highest BCUT2D eigenvalue weighted by molar-refractivity contribution is 6.31. The quantitative estimate of drug-likeness (QED) is 0.410. The van der Waals surface area contributed by atoms with Crippen molar-refractivity contribution in [3.8, 4) is 0 Å². The van der Waals surface area contributed by atoms with Crippen LogP contribution in [0.5, 0.6) is 0 Å².